The number of nitrogens with zero attached hydrogens (tertiary/aromatic N) is 2. The Morgan fingerprint density at radius 3 is 2.39 bits per heavy atom. The summed E-state index contributed by atoms with van der Waals surface area (Å²) in [6, 6.07) is 9.25. The summed E-state index contributed by atoms with van der Waals surface area (Å²) in [4.78, 5) is 26.3. The van der Waals surface area contributed by atoms with Crippen molar-refractivity contribution >= 4 is 18.4 Å². The van der Waals surface area contributed by atoms with Crippen molar-refractivity contribution in [1.82, 2.24) is 4.57 Å². The first-order chi connectivity index (χ1) is 8.61. The molecule has 5 heteroatoms. The molecular weight excluding hydrogens is 232 g/mol. The average Bonchev–Trinajstić information content (AvgIpc) is 2.39. The third-order valence-corrected chi connectivity index (χ3v) is 2.47. The Labute approximate surface area is 103 Å². The molecule has 0 bridgehead atoms. The van der Waals surface area contributed by atoms with Gasteiger partial charge in [0.15, 0.2) is 0 Å². The van der Waals surface area contributed by atoms with Crippen LogP contribution in [0.15, 0.2) is 52.4 Å². The molecule has 0 amide bonds. The Hall–Kier alpha value is -2.69. The number of aromatic carboxylic acids is 1. The van der Waals surface area contributed by atoms with E-state index in [1.165, 1.54) is 22.9 Å². The van der Waals surface area contributed by atoms with Gasteiger partial charge in [-0.05, 0) is 37.0 Å². The molecule has 1 N–H and O–H groups in total. The fourth-order valence-electron chi connectivity index (χ4n) is 1.53. The van der Waals surface area contributed by atoms with Gasteiger partial charge in [-0.15, -0.1) is 0 Å². The lowest BCUT2D eigenvalue weighted by Gasteiger charge is -2.06. The maximum atomic E-state index is 11.7. The number of hydrogen-bond donors (Lipinski definition) is 1. The van der Waals surface area contributed by atoms with Crippen molar-refractivity contribution in [1.29, 1.82) is 0 Å². The van der Waals surface area contributed by atoms with Gasteiger partial charge in [0.05, 0.1) is 11.3 Å². The van der Waals surface area contributed by atoms with Crippen LogP contribution in [0.25, 0.3) is 5.69 Å². The highest BCUT2D eigenvalue weighted by atomic mass is 16.4. The lowest BCUT2D eigenvalue weighted by Crippen LogP contribution is -2.18. The predicted octanol–water partition coefficient (Wildman–Crippen LogP) is 1.87. The molecule has 0 fully saturated rings. The summed E-state index contributed by atoms with van der Waals surface area (Å²) in [7, 11) is 0. The van der Waals surface area contributed by atoms with Gasteiger partial charge in [-0.25, -0.2) is 4.79 Å². The molecular formula is C13H10N2O3. The second-order valence-corrected chi connectivity index (χ2v) is 3.61. The topological polar surface area (TPSA) is 71.7 Å². The van der Waals surface area contributed by atoms with Gasteiger partial charge in [0.25, 0.3) is 5.56 Å². The van der Waals surface area contributed by atoms with Crippen LogP contribution in [-0.2, 0) is 0 Å². The first-order valence-corrected chi connectivity index (χ1v) is 5.15. The zero-order valence-electron chi connectivity index (χ0n) is 9.41. The van der Waals surface area contributed by atoms with Crippen LogP contribution >= 0.6 is 0 Å². The van der Waals surface area contributed by atoms with Crippen molar-refractivity contribution in [2.45, 2.75) is 0 Å². The van der Waals surface area contributed by atoms with Crippen LogP contribution < -0.4 is 5.56 Å². The number of carbonyl (C=O) groups is 1. The van der Waals surface area contributed by atoms with E-state index in [-0.39, 0.29) is 11.1 Å². The first-order valence-electron chi connectivity index (χ1n) is 5.15. The Bertz CT molecular complexity index is 657. The van der Waals surface area contributed by atoms with Gasteiger partial charge < -0.3 is 5.11 Å². The van der Waals surface area contributed by atoms with E-state index < -0.39 is 5.97 Å². The van der Waals surface area contributed by atoms with Crippen LogP contribution in [-0.4, -0.2) is 22.4 Å². The lowest BCUT2D eigenvalue weighted by molar-refractivity contribution is 0.0696. The van der Waals surface area contributed by atoms with Gasteiger partial charge in [-0.3, -0.25) is 14.4 Å². The predicted molar refractivity (Wildman–Crippen MR) is 68.2 cm³/mol. The quantitative estimate of drug-likeness (QED) is 0.835. The number of hydrogen-bond acceptors (Lipinski definition) is 3. The van der Waals surface area contributed by atoms with Crippen molar-refractivity contribution in [3.05, 3.63) is 58.5 Å². The second kappa shape index (κ2) is 4.67. The second-order valence-electron chi connectivity index (χ2n) is 3.61. The maximum absolute atomic E-state index is 11.7. The molecule has 2 aromatic rings. The summed E-state index contributed by atoms with van der Waals surface area (Å²) in [5.74, 6) is -1.08. The average molecular weight is 242 g/mol. The number of pyridine rings is 1. The summed E-state index contributed by atoms with van der Waals surface area (Å²) in [5, 5.41) is 8.89. The normalized spacial score (nSPS) is 10.0. The van der Waals surface area contributed by atoms with Gasteiger partial charge in [0.1, 0.15) is 0 Å². The highest BCUT2D eigenvalue weighted by Crippen LogP contribution is 2.14. The van der Waals surface area contributed by atoms with Gasteiger partial charge in [-0.2, -0.15) is 0 Å². The highest BCUT2D eigenvalue weighted by Gasteiger charge is 2.06. The van der Waals surface area contributed by atoms with Crippen LogP contribution in [0, 0.1) is 0 Å². The molecule has 0 aliphatic carbocycles. The molecule has 0 unspecified atom stereocenters. The Morgan fingerprint density at radius 1 is 1.17 bits per heavy atom. The summed E-state index contributed by atoms with van der Waals surface area (Å²) < 4.78 is 1.27. The molecule has 5 nitrogen and oxygen atoms in total. The minimum atomic E-state index is -1.08. The highest BCUT2D eigenvalue weighted by molar-refractivity contribution is 5.87. The van der Waals surface area contributed by atoms with Crippen molar-refractivity contribution in [2.24, 2.45) is 4.99 Å². The van der Waals surface area contributed by atoms with Crippen molar-refractivity contribution in [3.63, 3.8) is 0 Å². The molecule has 18 heavy (non-hydrogen) atoms. The van der Waals surface area contributed by atoms with Crippen molar-refractivity contribution in [2.75, 3.05) is 0 Å². The van der Waals surface area contributed by atoms with Crippen LogP contribution in [0.2, 0.25) is 0 Å². The molecule has 0 aliphatic heterocycles. The number of benzene rings is 1. The number of carboxylic acids is 1. The van der Waals surface area contributed by atoms with E-state index in [4.69, 9.17) is 5.11 Å². The van der Waals surface area contributed by atoms with Crippen molar-refractivity contribution < 1.29 is 9.90 Å². The summed E-state index contributed by atoms with van der Waals surface area (Å²) in [6.45, 7) is 3.39. The zero-order valence-corrected chi connectivity index (χ0v) is 9.41. The van der Waals surface area contributed by atoms with Crippen LogP contribution in [0.1, 0.15) is 10.4 Å². The molecule has 90 valence electrons. The van der Waals surface area contributed by atoms with Crippen LogP contribution in [0.4, 0.5) is 5.69 Å². The van der Waals surface area contributed by atoms with Gasteiger partial charge in [0, 0.05) is 18.0 Å². The molecule has 0 spiro atoms. The SMILES string of the molecule is C=Nc1ccc(-n2cc(C(=O)O)ccc2=O)cc1. The Morgan fingerprint density at radius 2 is 1.83 bits per heavy atom. The van der Waals surface area contributed by atoms with Gasteiger partial charge in [0.2, 0.25) is 0 Å². The van der Waals surface area contributed by atoms with E-state index in [1.54, 1.807) is 24.3 Å². The molecule has 0 saturated carbocycles. The van der Waals surface area contributed by atoms with Crippen molar-refractivity contribution in [3.8, 4) is 5.69 Å². The third kappa shape index (κ3) is 2.20. The first kappa shape index (κ1) is 11.8. The van der Waals surface area contributed by atoms with Gasteiger partial charge >= 0.3 is 5.97 Å². The number of aliphatic imine (C=N–C) groups is 1. The van der Waals surface area contributed by atoms with Crippen LogP contribution in [0.3, 0.4) is 0 Å². The maximum Gasteiger partial charge on any atom is 0.337 e. The molecule has 1 aromatic carbocycles. The third-order valence-electron chi connectivity index (χ3n) is 2.47. The molecule has 1 heterocycles. The molecule has 0 atom stereocenters. The Balaban J connectivity index is 2.54. The van der Waals surface area contributed by atoms with E-state index in [2.05, 4.69) is 11.7 Å². The summed E-state index contributed by atoms with van der Waals surface area (Å²) in [5.41, 5.74) is 1.02. The zero-order chi connectivity index (χ0) is 13.1. The minimum absolute atomic E-state index is 0.0560. The van der Waals surface area contributed by atoms with E-state index >= 15 is 0 Å². The standard InChI is InChI=1S/C13H10N2O3/c1-14-10-3-5-11(6-4-10)15-8-9(13(17)18)2-7-12(15)16/h2-8H,1H2,(H,17,18). The molecule has 0 aliphatic rings. The van der Waals surface area contributed by atoms with Gasteiger partial charge in [-0.1, -0.05) is 0 Å². The van der Waals surface area contributed by atoms with Crippen LogP contribution in [0.5, 0.6) is 0 Å². The summed E-state index contributed by atoms with van der Waals surface area (Å²) in [6.07, 6.45) is 1.29. The lowest BCUT2D eigenvalue weighted by atomic mass is 10.2. The Kier molecular flexibility index (Phi) is 3.05. The monoisotopic (exact) mass is 242 g/mol. The largest absolute Gasteiger partial charge is 0.478 e. The van der Waals surface area contributed by atoms with E-state index in [0.717, 1.165) is 0 Å². The number of rotatable bonds is 3. The summed E-state index contributed by atoms with van der Waals surface area (Å²) >= 11 is 0. The molecule has 2 rings (SSSR count). The minimum Gasteiger partial charge on any atom is -0.478 e. The molecule has 0 saturated heterocycles. The number of aromatic nitrogens is 1. The van der Waals surface area contributed by atoms with E-state index in [1.807, 2.05) is 0 Å². The molecule has 0 radical (unpaired) electrons. The fourth-order valence-corrected chi connectivity index (χ4v) is 1.53. The molecule has 1 aromatic heterocycles. The fraction of sp³-hybridized carbons (Fsp3) is 0. The van der Waals surface area contributed by atoms with E-state index in [9.17, 15) is 9.59 Å². The smallest absolute Gasteiger partial charge is 0.337 e. The number of carboxylic acid groups (broad SMARTS) is 1. The van der Waals surface area contributed by atoms with E-state index in [0.29, 0.717) is 11.4 Å².